The summed E-state index contributed by atoms with van der Waals surface area (Å²) in [6, 6.07) is 0. The molecule has 0 aromatic carbocycles. The van der Waals surface area contributed by atoms with Crippen LogP contribution in [0.5, 0.6) is 0 Å². The summed E-state index contributed by atoms with van der Waals surface area (Å²) < 4.78 is 6.41. The fourth-order valence-electron chi connectivity index (χ4n) is 1.60. The number of aliphatic hydroxyl groups excluding tert-OH is 2. The lowest BCUT2D eigenvalue weighted by Crippen LogP contribution is -2.28. The van der Waals surface area contributed by atoms with Crippen molar-refractivity contribution in [1.82, 2.24) is 14.5 Å². The molecule has 0 bridgehead atoms. The molecular formula is C8H12N4O4. The van der Waals surface area contributed by atoms with Gasteiger partial charge in [0.2, 0.25) is 5.95 Å². The van der Waals surface area contributed by atoms with Crippen molar-refractivity contribution in [3.8, 4) is 0 Å². The third-order valence-electron chi connectivity index (χ3n) is 2.44. The zero-order valence-electron chi connectivity index (χ0n) is 8.35. The number of aliphatic hydroxyl groups is 2. The van der Waals surface area contributed by atoms with Crippen LogP contribution in [0.3, 0.4) is 0 Å². The van der Waals surface area contributed by atoms with Gasteiger partial charge in [0.05, 0.1) is 12.7 Å². The second-order valence-electron chi connectivity index (χ2n) is 3.52. The molecule has 0 amide bonds. The van der Waals surface area contributed by atoms with E-state index in [1.165, 1.54) is 6.33 Å². The van der Waals surface area contributed by atoms with Crippen molar-refractivity contribution in [2.24, 2.45) is 0 Å². The van der Waals surface area contributed by atoms with Crippen LogP contribution in [-0.4, -0.2) is 43.6 Å². The monoisotopic (exact) mass is 228 g/mol. The third kappa shape index (κ3) is 1.90. The average molecular weight is 228 g/mol. The average Bonchev–Trinajstić information content (AvgIpc) is 2.59. The lowest BCUT2D eigenvalue weighted by atomic mass is 10.2. The molecule has 2 unspecified atom stereocenters. The minimum atomic E-state index is -0.806. The molecule has 8 nitrogen and oxygen atoms in total. The molecule has 0 spiro atoms. The second-order valence-corrected chi connectivity index (χ2v) is 3.52. The van der Waals surface area contributed by atoms with E-state index in [2.05, 4.69) is 9.97 Å². The molecule has 1 aliphatic heterocycles. The Bertz CT molecular complexity index is 434. The zero-order valence-corrected chi connectivity index (χ0v) is 8.35. The molecular weight excluding hydrogens is 216 g/mol. The molecule has 0 aliphatic carbocycles. The molecule has 16 heavy (non-hydrogen) atoms. The number of aromatic nitrogens is 3. The van der Waals surface area contributed by atoms with E-state index in [0.717, 1.165) is 4.57 Å². The van der Waals surface area contributed by atoms with Crippen molar-refractivity contribution >= 4 is 5.95 Å². The highest BCUT2D eigenvalue weighted by Crippen LogP contribution is 2.26. The molecule has 1 aliphatic rings. The van der Waals surface area contributed by atoms with Crippen LogP contribution >= 0.6 is 0 Å². The molecule has 1 aromatic heterocycles. The van der Waals surface area contributed by atoms with Crippen molar-refractivity contribution in [2.75, 3.05) is 12.3 Å². The molecule has 1 fully saturated rings. The predicted octanol–water partition coefficient (Wildman–Crippen LogP) is -2.14. The standard InChI is InChI=1S/C8H12N4O4/c9-7-10-3-12(8(15)11-7)6-1-4(14)5(2-13)16-6/h3-6,13-14H,1-2H2,(H2,9,11,15)/t4-,5?,6?/m0/s1. The van der Waals surface area contributed by atoms with Gasteiger partial charge in [0.15, 0.2) is 0 Å². The van der Waals surface area contributed by atoms with Gasteiger partial charge in [0.1, 0.15) is 18.7 Å². The molecule has 0 radical (unpaired) electrons. The summed E-state index contributed by atoms with van der Waals surface area (Å²) in [7, 11) is 0. The van der Waals surface area contributed by atoms with Gasteiger partial charge < -0.3 is 20.7 Å². The Kier molecular flexibility index (Phi) is 2.86. The summed E-state index contributed by atoms with van der Waals surface area (Å²) in [5, 5.41) is 18.4. The highest BCUT2D eigenvalue weighted by atomic mass is 16.5. The van der Waals surface area contributed by atoms with Crippen LogP contribution in [0.4, 0.5) is 5.95 Å². The number of nitrogens with zero attached hydrogens (tertiary/aromatic N) is 3. The van der Waals surface area contributed by atoms with Gasteiger partial charge >= 0.3 is 5.69 Å². The zero-order chi connectivity index (χ0) is 11.7. The quantitative estimate of drug-likeness (QED) is 0.527. The largest absolute Gasteiger partial charge is 0.394 e. The van der Waals surface area contributed by atoms with Gasteiger partial charge in [-0.05, 0) is 0 Å². The fraction of sp³-hybridized carbons (Fsp3) is 0.625. The number of nitrogen functional groups attached to an aromatic ring is 1. The maximum absolute atomic E-state index is 11.4. The van der Waals surface area contributed by atoms with E-state index in [1.807, 2.05) is 0 Å². The summed E-state index contributed by atoms with van der Waals surface area (Å²) in [5.41, 5.74) is 4.65. The van der Waals surface area contributed by atoms with Crippen molar-refractivity contribution in [3.05, 3.63) is 16.8 Å². The van der Waals surface area contributed by atoms with Gasteiger partial charge in [-0.3, -0.25) is 4.57 Å². The molecule has 2 heterocycles. The molecule has 0 saturated carbocycles. The minimum Gasteiger partial charge on any atom is -0.394 e. The number of rotatable bonds is 2. The maximum Gasteiger partial charge on any atom is 0.354 e. The summed E-state index contributed by atoms with van der Waals surface area (Å²) in [5.74, 6) is -0.112. The van der Waals surface area contributed by atoms with E-state index in [4.69, 9.17) is 15.6 Å². The molecule has 1 saturated heterocycles. The summed E-state index contributed by atoms with van der Waals surface area (Å²) in [6.45, 7) is -0.303. The molecule has 4 N–H and O–H groups in total. The number of hydrogen-bond acceptors (Lipinski definition) is 7. The van der Waals surface area contributed by atoms with Crippen LogP contribution < -0.4 is 11.4 Å². The third-order valence-corrected chi connectivity index (χ3v) is 2.44. The number of nitrogens with two attached hydrogens (primary N) is 1. The normalized spacial score (nSPS) is 29.5. The van der Waals surface area contributed by atoms with Crippen LogP contribution in [0, 0.1) is 0 Å². The molecule has 3 atom stereocenters. The maximum atomic E-state index is 11.4. The Hall–Kier alpha value is -1.51. The first kappa shape index (κ1) is 11.0. The first-order chi connectivity index (χ1) is 7.61. The van der Waals surface area contributed by atoms with Crippen molar-refractivity contribution < 1.29 is 14.9 Å². The van der Waals surface area contributed by atoms with Gasteiger partial charge in [0.25, 0.3) is 0 Å². The smallest absolute Gasteiger partial charge is 0.354 e. The Morgan fingerprint density at radius 1 is 1.69 bits per heavy atom. The van der Waals surface area contributed by atoms with Gasteiger partial charge in [-0.25, -0.2) is 9.78 Å². The molecule has 2 rings (SSSR count). The van der Waals surface area contributed by atoms with Crippen LogP contribution in [0.25, 0.3) is 0 Å². The molecule has 1 aromatic rings. The number of anilines is 1. The first-order valence-electron chi connectivity index (χ1n) is 4.77. The topological polar surface area (TPSA) is 123 Å². The van der Waals surface area contributed by atoms with Crippen molar-refractivity contribution in [3.63, 3.8) is 0 Å². The van der Waals surface area contributed by atoms with E-state index >= 15 is 0 Å². The number of hydrogen-bond donors (Lipinski definition) is 3. The summed E-state index contributed by atoms with van der Waals surface area (Å²) in [6.07, 6.45) is -0.741. The van der Waals surface area contributed by atoms with Crippen LogP contribution in [0.2, 0.25) is 0 Å². The summed E-state index contributed by atoms with van der Waals surface area (Å²) >= 11 is 0. The Morgan fingerprint density at radius 3 is 3.00 bits per heavy atom. The van der Waals surface area contributed by atoms with Crippen LogP contribution in [0.1, 0.15) is 12.6 Å². The highest BCUT2D eigenvalue weighted by Gasteiger charge is 2.35. The van der Waals surface area contributed by atoms with Crippen LogP contribution in [0.15, 0.2) is 11.1 Å². The lowest BCUT2D eigenvalue weighted by molar-refractivity contribution is -0.0462. The lowest BCUT2D eigenvalue weighted by Gasteiger charge is -2.13. The second kappa shape index (κ2) is 4.16. The minimum absolute atomic E-state index is 0.112. The van der Waals surface area contributed by atoms with E-state index in [0.29, 0.717) is 0 Å². The van der Waals surface area contributed by atoms with Gasteiger partial charge in [-0.1, -0.05) is 0 Å². The van der Waals surface area contributed by atoms with Gasteiger partial charge in [-0.2, -0.15) is 4.98 Å². The SMILES string of the molecule is Nc1ncn(C2C[C@H](O)C(CO)O2)c(=O)n1. The molecule has 8 heteroatoms. The van der Waals surface area contributed by atoms with E-state index in [1.54, 1.807) is 0 Å². The van der Waals surface area contributed by atoms with E-state index in [9.17, 15) is 9.90 Å². The summed E-state index contributed by atoms with van der Waals surface area (Å²) in [4.78, 5) is 18.5. The van der Waals surface area contributed by atoms with Crippen molar-refractivity contribution in [2.45, 2.75) is 24.9 Å². The predicted molar refractivity (Wildman–Crippen MR) is 52.3 cm³/mol. The number of ether oxygens (including phenoxy) is 1. The van der Waals surface area contributed by atoms with Crippen LogP contribution in [-0.2, 0) is 4.74 Å². The van der Waals surface area contributed by atoms with Gasteiger partial charge in [0, 0.05) is 6.42 Å². The molecule has 88 valence electrons. The Morgan fingerprint density at radius 2 is 2.44 bits per heavy atom. The van der Waals surface area contributed by atoms with E-state index in [-0.39, 0.29) is 19.0 Å². The van der Waals surface area contributed by atoms with Crippen molar-refractivity contribution in [1.29, 1.82) is 0 Å². The first-order valence-corrected chi connectivity index (χ1v) is 4.77. The Labute approximate surface area is 90.3 Å². The van der Waals surface area contributed by atoms with Gasteiger partial charge in [-0.15, -0.1) is 0 Å². The highest BCUT2D eigenvalue weighted by molar-refractivity contribution is 5.09. The van der Waals surface area contributed by atoms with E-state index < -0.39 is 24.1 Å². The Balaban J connectivity index is 2.23. The fourth-order valence-corrected chi connectivity index (χ4v) is 1.60.